The van der Waals surface area contributed by atoms with Crippen molar-refractivity contribution in [1.82, 2.24) is 0 Å². The first kappa shape index (κ1) is 15.5. The Morgan fingerprint density at radius 1 is 1.11 bits per heavy atom. The molecule has 1 N–H and O–H groups in total. The summed E-state index contributed by atoms with van der Waals surface area (Å²) in [4.78, 5) is 11.7. The van der Waals surface area contributed by atoms with Crippen molar-refractivity contribution in [2.24, 2.45) is 0 Å². The number of carbonyl (C=O) groups is 1. The number of ether oxygens (including phenoxy) is 1. The molecule has 1 amide bonds. The van der Waals surface area contributed by atoms with E-state index in [-0.39, 0.29) is 6.09 Å². The minimum atomic E-state index is -0.347. The van der Waals surface area contributed by atoms with E-state index >= 15 is 0 Å². The van der Waals surface area contributed by atoms with Gasteiger partial charge in [-0.25, -0.2) is 4.79 Å². The van der Waals surface area contributed by atoms with E-state index in [1.807, 2.05) is 18.2 Å². The van der Waals surface area contributed by atoms with Gasteiger partial charge in [0.05, 0.1) is 6.61 Å². The molecule has 3 heteroatoms. The molecule has 0 heterocycles. The van der Waals surface area contributed by atoms with Crippen LogP contribution in [0.2, 0.25) is 0 Å². The molecule has 0 aromatic heterocycles. The Kier molecular flexibility index (Phi) is 7.71. The quantitative estimate of drug-likeness (QED) is 0.686. The average molecular weight is 263 g/mol. The molecular formula is C16H25NO2. The van der Waals surface area contributed by atoms with Gasteiger partial charge in [0.2, 0.25) is 0 Å². The van der Waals surface area contributed by atoms with E-state index in [2.05, 4.69) is 25.2 Å². The van der Waals surface area contributed by atoms with Crippen LogP contribution in [0.3, 0.4) is 0 Å². The van der Waals surface area contributed by atoms with E-state index in [1.165, 1.54) is 5.56 Å². The molecule has 0 bridgehead atoms. The maximum atomic E-state index is 11.7. The number of amides is 1. The van der Waals surface area contributed by atoms with E-state index in [1.54, 1.807) is 0 Å². The van der Waals surface area contributed by atoms with Gasteiger partial charge in [-0.05, 0) is 30.9 Å². The monoisotopic (exact) mass is 263 g/mol. The lowest BCUT2D eigenvalue weighted by Gasteiger charge is -2.11. The van der Waals surface area contributed by atoms with Crippen LogP contribution in [0.1, 0.15) is 51.5 Å². The molecule has 19 heavy (non-hydrogen) atoms. The molecule has 0 unspecified atom stereocenters. The van der Waals surface area contributed by atoms with Crippen LogP contribution in [-0.2, 0) is 11.2 Å². The van der Waals surface area contributed by atoms with Crippen molar-refractivity contribution >= 4 is 11.8 Å². The number of carbonyl (C=O) groups excluding carboxylic acids is 1. The van der Waals surface area contributed by atoms with Gasteiger partial charge >= 0.3 is 6.09 Å². The van der Waals surface area contributed by atoms with Crippen LogP contribution in [0.5, 0.6) is 0 Å². The molecular weight excluding hydrogens is 238 g/mol. The van der Waals surface area contributed by atoms with Crippen LogP contribution in [0.25, 0.3) is 0 Å². The molecule has 3 nitrogen and oxygen atoms in total. The predicted molar refractivity (Wildman–Crippen MR) is 79.5 cm³/mol. The zero-order valence-electron chi connectivity index (χ0n) is 12.1. The van der Waals surface area contributed by atoms with Crippen molar-refractivity contribution < 1.29 is 9.53 Å². The Morgan fingerprint density at radius 3 is 2.58 bits per heavy atom. The Bertz CT molecular complexity index is 377. The Morgan fingerprint density at radius 2 is 1.84 bits per heavy atom. The molecule has 0 saturated carbocycles. The van der Waals surface area contributed by atoms with Crippen LogP contribution in [0.15, 0.2) is 24.3 Å². The van der Waals surface area contributed by atoms with Crippen molar-refractivity contribution in [3.05, 3.63) is 29.8 Å². The van der Waals surface area contributed by atoms with Crippen LogP contribution in [0, 0.1) is 0 Å². The normalized spacial score (nSPS) is 10.2. The van der Waals surface area contributed by atoms with Crippen molar-refractivity contribution in [2.45, 2.75) is 52.4 Å². The summed E-state index contributed by atoms with van der Waals surface area (Å²) >= 11 is 0. The lowest BCUT2D eigenvalue weighted by molar-refractivity contribution is 0.159. The molecule has 0 radical (unpaired) electrons. The van der Waals surface area contributed by atoms with Gasteiger partial charge in [-0.15, -0.1) is 0 Å². The van der Waals surface area contributed by atoms with Crippen LogP contribution in [-0.4, -0.2) is 12.7 Å². The number of para-hydroxylation sites is 1. The molecule has 0 atom stereocenters. The topological polar surface area (TPSA) is 38.3 Å². The van der Waals surface area contributed by atoms with Crippen molar-refractivity contribution in [3.8, 4) is 0 Å². The number of hydrogen-bond donors (Lipinski definition) is 1. The molecule has 106 valence electrons. The summed E-state index contributed by atoms with van der Waals surface area (Å²) in [5, 5.41) is 2.84. The third-order valence-corrected chi connectivity index (χ3v) is 3.03. The summed E-state index contributed by atoms with van der Waals surface area (Å²) in [6, 6.07) is 7.92. The van der Waals surface area contributed by atoms with Crippen LogP contribution in [0.4, 0.5) is 10.5 Å². The lowest BCUT2D eigenvalue weighted by atomic mass is 10.1. The fourth-order valence-electron chi connectivity index (χ4n) is 1.89. The SMILES string of the molecule is CCCCCOC(=O)Nc1ccccc1CCCC. The maximum Gasteiger partial charge on any atom is 0.411 e. The first-order chi connectivity index (χ1) is 9.27. The highest BCUT2D eigenvalue weighted by atomic mass is 16.5. The number of rotatable bonds is 8. The standard InChI is InChI=1S/C16H25NO2/c1-3-5-9-13-19-16(18)17-15-12-8-7-11-14(15)10-6-4-2/h7-8,11-12H,3-6,9-10,13H2,1-2H3,(H,17,18). The number of nitrogens with one attached hydrogen (secondary N) is 1. The van der Waals surface area contributed by atoms with Gasteiger partial charge in [-0.2, -0.15) is 0 Å². The van der Waals surface area contributed by atoms with E-state index in [0.717, 1.165) is 44.2 Å². The second-order valence-electron chi connectivity index (χ2n) is 4.73. The summed E-state index contributed by atoms with van der Waals surface area (Å²) in [7, 11) is 0. The highest BCUT2D eigenvalue weighted by Gasteiger charge is 2.06. The van der Waals surface area contributed by atoms with Gasteiger partial charge in [0.25, 0.3) is 0 Å². The number of anilines is 1. The van der Waals surface area contributed by atoms with Gasteiger partial charge < -0.3 is 4.74 Å². The van der Waals surface area contributed by atoms with Crippen molar-refractivity contribution in [2.75, 3.05) is 11.9 Å². The molecule has 0 fully saturated rings. The van der Waals surface area contributed by atoms with Crippen molar-refractivity contribution in [1.29, 1.82) is 0 Å². The molecule has 1 aromatic rings. The number of hydrogen-bond acceptors (Lipinski definition) is 2. The first-order valence-electron chi connectivity index (χ1n) is 7.29. The van der Waals surface area contributed by atoms with Gasteiger partial charge in [-0.3, -0.25) is 5.32 Å². The largest absolute Gasteiger partial charge is 0.449 e. The molecule has 0 saturated heterocycles. The van der Waals surface area contributed by atoms with Gasteiger partial charge in [0.15, 0.2) is 0 Å². The Labute approximate surface area is 116 Å². The third kappa shape index (κ3) is 6.27. The minimum Gasteiger partial charge on any atom is -0.449 e. The summed E-state index contributed by atoms with van der Waals surface area (Å²) in [6.07, 6.45) is 6.08. The summed E-state index contributed by atoms with van der Waals surface area (Å²) in [5.74, 6) is 0. The summed E-state index contributed by atoms with van der Waals surface area (Å²) in [5.41, 5.74) is 2.05. The third-order valence-electron chi connectivity index (χ3n) is 3.03. The van der Waals surface area contributed by atoms with Crippen LogP contribution < -0.4 is 5.32 Å². The zero-order valence-corrected chi connectivity index (χ0v) is 12.1. The van der Waals surface area contributed by atoms with Crippen molar-refractivity contribution in [3.63, 3.8) is 0 Å². The Hall–Kier alpha value is -1.51. The van der Waals surface area contributed by atoms with Gasteiger partial charge in [0, 0.05) is 5.69 Å². The fourth-order valence-corrected chi connectivity index (χ4v) is 1.89. The minimum absolute atomic E-state index is 0.347. The smallest absolute Gasteiger partial charge is 0.411 e. The number of benzene rings is 1. The van der Waals surface area contributed by atoms with E-state index in [0.29, 0.717) is 6.61 Å². The lowest BCUT2D eigenvalue weighted by Crippen LogP contribution is -2.15. The molecule has 1 aromatic carbocycles. The van der Waals surface area contributed by atoms with E-state index in [4.69, 9.17) is 4.74 Å². The first-order valence-corrected chi connectivity index (χ1v) is 7.29. The summed E-state index contributed by atoms with van der Waals surface area (Å²) < 4.78 is 5.16. The number of unbranched alkanes of at least 4 members (excludes halogenated alkanes) is 3. The second kappa shape index (κ2) is 9.42. The molecule has 0 spiro atoms. The zero-order chi connectivity index (χ0) is 13.9. The predicted octanol–water partition coefficient (Wildman–Crippen LogP) is 4.77. The van der Waals surface area contributed by atoms with Crippen LogP contribution >= 0.6 is 0 Å². The van der Waals surface area contributed by atoms with Gasteiger partial charge in [0.1, 0.15) is 0 Å². The highest BCUT2D eigenvalue weighted by Crippen LogP contribution is 2.17. The molecule has 0 aliphatic carbocycles. The maximum absolute atomic E-state index is 11.7. The van der Waals surface area contributed by atoms with E-state index in [9.17, 15) is 4.79 Å². The fraction of sp³-hybridized carbons (Fsp3) is 0.562. The molecule has 0 aliphatic heterocycles. The summed E-state index contributed by atoms with van der Waals surface area (Å²) in [6.45, 7) is 4.79. The second-order valence-corrected chi connectivity index (χ2v) is 4.73. The number of aryl methyl sites for hydroxylation is 1. The molecule has 1 rings (SSSR count). The average Bonchev–Trinajstić information content (AvgIpc) is 2.43. The highest BCUT2D eigenvalue weighted by molar-refractivity contribution is 5.85. The van der Waals surface area contributed by atoms with E-state index < -0.39 is 0 Å². The Balaban J connectivity index is 2.44. The molecule has 0 aliphatic rings. The van der Waals surface area contributed by atoms with Gasteiger partial charge in [-0.1, -0.05) is 51.3 Å².